The summed E-state index contributed by atoms with van der Waals surface area (Å²) < 4.78 is 14.8. The Hall–Kier alpha value is -0.230. The Morgan fingerprint density at radius 2 is 2.00 bits per heavy atom. The largest absolute Gasteiger partial charge is 0.323 e. The summed E-state index contributed by atoms with van der Waals surface area (Å²) in [4.78, 5) is 1.12. The zero-order valence-corrected chi connectivity index (χ0v) is 12.8. The number of benzene rings is 1. The molecule has 0 spiro atoms. The first-order chi connectivity index (χ1) is 8.06. The maximum atomic E-state index is 12.9. The summed E-state index contributed by atoms with van der Waals surface area (Å²) in [5.74, 6) is -0.243. The van der Waals surface area contributed by atoms with Gasteiger partial charge >= 0.3 is 0 Å². The monoisotopic (exact) mass is 377 g/mol. The fourth-order valence-electron chi connectivity index (χ4n) is 1.55. The van der Waals surface area contributed by atoms with Crippen molar-refractivity contribution in [3.05, 3.63) is 54.8 Å². The Morgan fingerprint density at radius 3 is 2.59 bits per heavy atom. The second-order valence-corrected chi connectivity index (χ2v) is 7.04. The second kappa shape index (κ2) is 5.61. The summed E-state index contributed by atoms with van der Waals surface area (Å²) in [5.41, 5.74) is 7.14. The van der Waals surface area contributed by atoms with Crippen molar-refractivity contribution in [3.63, 3.8) is 0 Å². The molecule has 90 valence electrons. The van der Waals surface area contributed by atoms with E-state index in [1.807, 2.05) is 12.1 Å². The Bertz CT molecular complexity index is 527. The maximum absolute atomic E-state index is 12.9. The third kappa shape index (κ3) is 3.37. The van der Waals surface area contributed by atoms with Crippen LogP contribution in [0.5, 0.6) is 0 Å². The molecular formula is C12H10Br2FNS. The molecule has 1 unspecified atom stereocenters. The van der Waals surface area contributed by atoms with Crippen molar-refractivity contribution in [1.29, 1.82) is 0 Å². The SMILES string of the molecule is NC(Cc1ccc(F)cc1Br)c1ccc(Br)s1. The fraction of sp³-hybridized carbons (Fsp3) is 0.167. The molecule has 1 atom stereocenters. The summed E-state index contributed by atoms with van der Waals surface area (Å²) >= 11 is 8.39. The molecule has 17 heavy (non-hydrogen) atoms. The molecule has 2 rings (SSSR count). The van der Waals surface area contributed by atoms with Gasteiger partial charge in [-0.1, -0.05) is 22.0 Å². The van der Waals surface area contributed by atoms with Gasteiger partial charge in [0.25, 0.3) is 0 Å². The molecule has 0 aliphatic heterocycles. The normalized spacial score (nSPS) is 12.7. The minimum Gasteiger partial charge on any atom is -0.323 e. The van der Waals surface area contributed by atoms with E-state index in [1.165, 1.54) is 12.1 Å². The van der Waals surface area contributed by atoms with Crippen LogP contribution in [0, 0.1) is 5.82 Å². The molecule has 1 nitrogen and oxygen atoms in total. The first-order valence-corrected chi connectivity index (χ1v) is 7.41. The van der Waals surface area contributed by atoms with Gasteiger partial charge in [-0.15, -0.1) is 11.3 Å². The smallest absolute Gasteiger partial charge is 0.124 e. The highest BCUT2D eigenvalue weighted by Crippen LogP contribution is 2.29. The van der Waals surface area contributed by atoms with Gasteiger partial charge in [-0.25, -0.2) is 4.39 Å². The quantitative estimate of drug-likeness (QED) is 0.826. The van der Waals surface area contributed by atoms with Crippen LogP contribution in [0.25, 0.3) is 0 Å². The zero-order chi connectivity index (χ0) is 12.4. The number of hydrogen-bond acceptors (Lipinski definition) is 2. The fourth-order valence-corrected chi connectivity index (χ4v) is 3.49. The van der Waals surface area contributed by atoms with Crippen LogP contribution in [-0.4, -0.2) is 0 Å². The zero-order valence-electron chi connectivity index (χ0n) is 8.79. The molecule has 2 N–H and O–H groups in total. The van der Waals surface area contributed by atoms with E-state index in [0.29, 0.717) is 6.42 Å². The van der Waals surface area contributed by atoms with Crippen LogP contribution in [0.1, 0.15) is 16.5 Å². The van der Waals surface area contributed by atoms with Gasteiger partial charge in [-0.05, 0) is 52.2 Å². The van der Waals surface area contributed by atoms with Crippen LogP contribution in [0.4, 0.5) is 4.39 Å². The summed E-state index contributed by atoms with van der Waals surface area (Å²) in [6.07, 6.45) is 0.688. The van der Waals surface area contributed by atoms with Crippen molar-refractivity contribution in [1.82, 2.24) is 0 Å². The molecule has 0 saturated heterocycles. The van der Waals surface area contributed by atoms with E-state index in [4.69, 9.17) is 5.73 Å². The lowest BCUT2D eigenvalue weighted by atomic mass is 10.1. The lowest BCUT2D eigenvalue weighted by molar-refractivity contribution is 0.624. The van der Waals surface area contributed by atoms with Crippen molar-refractivity contribution in [3.8, 4) is 0 Å². The Kier molecular flexibility index (Phi) is 4.36. The topological polar surface area (TPSA) is 26.0 Å². The minimum absolute atomic E-state index is 0.0620. The third-order valence-electron chi connectivity index (χ3n) is 2.41. The van der Waals surface area contributed by atoms with Crippen molar-refractivity contribution in [2.24, 2.45) is 5.73 Å². The average Bonchev–Trinajstić information content (AvgIpc) is 2.69. The minimum atomic E-state index is -0.243. The molecule has 0 saturated carbocycles. The molecule has 0 bridgehead atoms. The van der Waals surface area contributed by atoms with Gasteiger partial charge in [0.05, 0.1) is 3.79 Å². The van der Waals surface area contributed by atoms with E-state index in [9.17, 15) is 4.39 Å². The van der Waals surface area contributed by atoms with E-state index in [1.54, 1.807) is 17.4 Å². The Labute approximate surface area is 120 Å². The lowest BCUT2D eigenvalue weighted by Gasteiger charge is -2.11. The standard InChI is InChI=1S/C12H10Br2FNS/c13-9-6-8(15)2-1-7(9)5-10(16)11-3-4-12(14)17-11/h1-4,6,10H,5,16H2. The van der Waals surface area contributed by atoms with Gasteiger partial charge in [0.15, 0.2) is 0 Å². The highest BCUT2D eigenvalue weighted by atomic mass is 79.9. The number of rotatable bonds is 3. The van der Waals surface area contributed by atoms with Crippen LogP contribution in [0.2, 0.25) is 0 Å². The van der Waals surface area contributed by atoms with Gasteiger partial charge in [-0.3, -0.25) is 0 Å². The van der Waals surface area contributed by atoms with Gasteiger partial charge in [0.2, 0.25) is 0 Å². The molecule has 0 radical (unpaired) electrons. The van der Waals surface area contributed by atoms with E-state index < -0.39 is 0 Å². The van der Waals surface area contributed by atoms with Gasteiger partial charge in [0, 0.05) is 15.4 Å². The van der Waals surface area contributed by atoms with E-state index >= 15 is 0 Å². The number of hydrogen-bond donors (Lipinski definition) is 1. The molecule has 5 heteroatoms. The van der Waals surface area contributed by atoms with E-state index in [0.717, 1.165) is 18.7 Å². The molecular weight excluding hydrogens is 369 g/mol. The van der Waals surface area contributed by atoms with Crippen molar-refractivity contribution < 1.29 is 4.39 Å². The maximum Gasteiger partial charge on any atom is 0.124 e. The molecule has 1 heterocycles. The molecule has 0 aliphatic rings. The predicted molar refractivity (Wildman–Crippen MR) is 76.8 cm³/mol. The molecule has 0 aliphatic carbocycles. The second-order valence-electron chi connectivity index (χ2n) is 3.69. The first kappa shape index (κ1) is 13.2. The lowest BCUT2D eigenvalue weighted by Crippen LogP contribution is -2.12. The predicted octanol–water partition coefficient (Wildman–Crippen LogP) is 4.65. The first-order valence-electron chi connectivity index (χ1n) is 5.01. The highest BCUT2D eigenvalue weighted by molar-refractivity contribution is 9.11. The molecule has 0 amide bonds. The van der Waals surface area contributed by atoms with Gasteiger partial charge in [0.1, 0.15) is 5.82 Å². The average molecular weight is 379 g/mol. The molecule has 1 aromatic heterocycles. The summed E-state index contributed by atoms with van der Waals surface area (Å²) in [6, 6.07) is 8.62. The Balaban J connectivity index is 2.15. The molecule has 2 aromatic rings. The van der Waals surface area contributed by atoms with Crippen LogP contribution in [0.3, 0.4) is 0 Å². The van der Waals surface area contributed by atoms with Crippen LogP contribution in [-0.2, 0) is 6.42 Å². The highest BCUT2D eigenvalue weighted by Gasteiger charge is 2.11. The van der Waals surface area contributed by atoms with Gasteiger partial charge in [-0.2, -0.15) is 0 Å². The summed E-state index contributed by atoms with van der Waals surface area (Å²) in [6.45, 7) is 0. The van der Waals surface area contributed by atoms with Crippen molar-refractivity contribution in [2.75, 3.05) is 0 Å². The van der Waals surface area contributed by atoms with E-state index in [-0.39, 0.29) is 11.9 Å². The summed E-state index contributed by atoms with van der Waals surface area (Å²) in [5, 5.41) is 0. The van der Waals surface area contributed by atoms with Crippen LogP contribution >= 0.6 is 43.2 Å². The number of thiophene rings is 1. The number of halogens is 3. The molecule has 1 aromatic carbocycles. The van der Waals surface area contributed by atoms with Crippen LogP contribution < -0.4 is 5.73 Å². The Morgan fingerprint density at radius 1 is 1.24 bits per heavy atom. The van der Waals surface area contributed by atoms with Gasteiger partial charge < -0.3 is 5.73 Å². The van der Waals surface area contributed by atoms with Crippen molar-refractivity contribution >= 4 is 43.2 Å². The number of nitrogens with two attached hydrogens (primary N) is 1. The molecule has 0 fully saturated rings. The van der Waals surface area contributed by atoms with E-state index in [2.05, 4.69) is 31.9 Å². The van der Waals surface area contributed by atoms with Crippen LogP contribution in [0.15, 0.2) is 38.6 Å². The third-order valence-corrected chi connectivity index (χ3v) is 4.91. The summed E-state index contributed by atoms with van der Waals surface area (Å²) in [7, 11) is 0. The van der Waals surface area contributed by atoms with Crippen molar-refractivity contribution in [2.45, 2.75) is 12.5 Å².